The van der Waals surface area contributed by atoms with Gasteiger partial charge >= 0.3 is 6.18 Å². The molecular weight excluding hydrogens is 327 g/mol. The average molecular weight is 335 g/mol. The molecule has 11 heteroatoms. The summed E-state index contributed by atoms with van der Waals surface area (Å²) in [4.78, 5) is 16.6. The minimum atomic E-state index is -4.50. The van der Waals surface area contributed by atoms with E-state index >= 15 is 0 Å². The molecule has 1 N–H and O–H groups in total. The third-order valence-electron chi connectivity index (χ3n) is 3.71. The van der Waals surface area contributed by atoms with Crippen molar-refractivity contribution in [1.29, 1.82) is 0 Å². The van der Waals surface area contributed by atoms with Gasteiger partial charge < -0.3 is 4.57 Å². The van der Waals surface area contributed by atoms with Gasteiger partial charge in [0.05, 0.1) is 16.6 Å². The molecule has 0 unspecified atom stereocenters. The molecule has 3 heterocycles. The van der Waals surface area contributed by atoms with Crippen LogP contribution in [0.4, 0.5) is 13.2 Å². The van der Waals surface area contributed by atoms with Gasteiger partial charge in [-0.2, -0.15) is 13.2 Å². The average Bonchev–Trinajstić information content (AvgIpc) is 3.20. The molecule has 3 aromatic heterocycles. The summed E-state index contributed by atoms with van der Waals surface area (Å²) in [5, 5.41) is 13.1. The van der Waals surface area contributed by atoms with Crippen LogP contribution in [-0.4, -0.2) is 34.6 Å². The first kappa shape index (κ1) is 14.4. The third kappa shape index (κ3) is 1.97. The zero-order valence-corrected chi connectivity index (χ0v) is 12.0. The number of aromatic amines is 1. The van der Waals surface area contributed by atoms with Crippen LogP contribution in [0.3, 0.4) is 0 Å². The van der Waals surface area contributed by atoms with Gasteiger partial charge in [-0.3, -0.25) is 9.20 Å². The van der Waals surface area contributed by atoms with E-state index in [0.29, 0.717) is 11.2 Å². The summed E-state index contributed by atoms with van der Waals surface area (Å²) < 4.78 is 41.3. The molecule has 0 spiro atoms. The second-order valence-electron chi connectivity index (χ2n) is 5.14. The Bertz CT molecular complexity index is 1120. The highest BCUT2D eigenvalue weighted by molar-refractivity contribution is 5.80. The highest BCUT2D eigenvalue weighted by Gasteiger charge is 2.31. The smallest absolute Gasteiger partial charge is 0.307 e. The first-order chi connectivity index (χ1) is 11.4. The Morgan fingerprint density at radius 2 is 2.00 bits per heavy atom. The Kier molecular flexibility index (Phi) is 2.77. The van der Waals surface area contributed by atoms with Gasteiger partial charge in [-0.1, -0.05) is 0 Å². The first-order valence-electron chi connectivity index (χ1n) is 6.69. The number of fused-ring (bicyclic) bond motifs is 3. The van der Waals surface area contributed by atoms with Crippen molar-refractivity contribution in [1.82, 2.24) is 34.6 Å². The lowest BCUT2D eigenvalue weighted by Gasteiger charge is -2.11. The van der Waals surface area contributed by atoms with Crippen molar-refractivity contribution in [3.05, 3.63) is 40.3 Å². The molecule has 0 amide bonds. The number of tetrazole rings is 1. The number of nitrogens with one attached hydrogen (secondary N) is 1. The lowest BCUT2D eigenvalue weighted by atomic mass is 10.2. The second kappa shape index (κ2) is 4.63. The van der Waals surface area contributed by atoms with Crippen molar-refractivity contribution in [2.24, 2.45) is 7.05 Å². The quantitative estimate of drug-likeness (QED) is 0.567. The summed E-state index contributed by atoms with van der Waals surface area (Å²) in [6.45, 7) is 0. The van der Waals surface area contributed by atoms with Gasteiger partial charge in [0.25, 0.3) is 5.56 Å². The van der Waals surface area contributed by atoms with Gasteiger partial charge in [-0.05, 0) is 28.6 Å². The highest BCUT2D eigenvalue weighted by atomic mass is 19.4. The SMILES string of the molecule is Cn1c(=O)c2nc(-c3nnn[nH]3)cn2c2ccc(C(F)(F)F)cc21. The molecule has 0 aliphatic rings. The molecule has 0 atom stereocenters. The molecule has 4 rings (SSSR count). The Labute approximate surface area is 130 Å². The number of benzene rings is 1. The number of rotatable bonds is 1. The van der Waals surface area contributed by atoms with Crippen LogP contribution in [0, 0.1) is 0 Å². The maximum Gasteiger partial charge on any atom is 0.416 e. The van der Waals surface area contributed by atoms with E-state index in [0.717, 1.165) is 16.7 Å². The molecule has 0 saturated heterocycles. The minimum absolute atomic E-state index is 0.0659. The Balaban J connectivity index is 2.09. The molecule has 0 saturated carbocycles. The molecule has 1 aromatic carbocycles. The fourth-order valence-corrected chi connectivity index (χ4v) is 2.53. The number of nitrogens with zero attached hydrogens (tertiary/aromatic N) is 6. The van der Waals surface area contributed by atoms with Crippen LogP contribution >= 0.6 is 0 Å². The lowest BCUT2D eigenvalue weighted by molar-refractivity contribution is -0.137. The van der Waals surface area contributed by atoms with Crippen molar-refractivity contribution in [2.45, 2.75) is 6.18 Å². The maximum atomic E-state index is 12.9. The molecule has 0 aliphatic heterocycles. The third-order valence-corrected chi connectivity index (χ3v) is 3.71. The van der Waals surface area contributed by atoms with E-state index in [1.165, 1.54) is 23.7 Å². The normalized spacial score (nSPS) is 12.3. The fraction of sp³-hybridized carbons (Fsp3) is 0.154. The van der Waals surface area contributed by atoms with Crippen molar-refractivity contribution < 1.29 is 13.2 Å². The molecular formula is C13H8F3N7O. The van der Waals surface area contributed by atoms with E-state index in [1.807, 2.05) is 0 Å². The molecule has 0 aliphatic carbocycles. The summed E-state index contributed by atoms with van der Waals surface area (Å²) in [6.07, 6.45) is -3.00. The highest BCUT2D eigenvalue weighted by Crippen LogP contribution is 2.31. The largest absolute Gasteiger partial charge is 0.416 e. The number of aromatic nitrogens is 7. The van der Waals surface area contributed by atoms with E-state index in [-0.39, 0.29) is 17.0 Å². The van der Waals surface area contributed by atoms with Gasteiger partial charge in [0.15, 0.2) is 5.82 Å². The lowest BCUT2D eigenvalue weighted by Crippen LogP contribution is -2.20. The first-order valence-corrected chi connectivity index (χ1v) is 6.69. The summed E-state index contributed by atoms with van der Waals surface area (Å²) in [5.41, 5.74) is -0.432. The number of imidazole rings is 1. The summed E-state index contributed by atoms with van der Waals surface area (Å²) in [7, 11) is 1.40. The van der Waals surface area contributed by atoms with Crippen LogP contribution in [0.5, 0.6) is 0 Å². The Morgan fingerprint density at radius 1 is 1.21 bits per heavy atom. The standard InChI is InChI=1S/C13H8F3N7O/c1-22-9-4-6(13(14,15)16)2-3-8(9)23-5-7(10-18-20-21-19-10)17-11(23)12(22)24/h2-5H,1H3,(H,18,19,20,21). The van der Waals surface area contributed by atoms with Gasteiger partial charge in [0.1, 0.15) is 5.69 Å². The molecule has 8 nitrogen and oxygen atoms in total. The maximum absolute atomic E-state index is 12.9. The van der Waals surface area contributed by atoms with Crippen LogP contribution in [-0.2, 0) is 13.2 Å². The minimum Gasteiger partial charge on any atom is -0.307 e. The van der Waals surface area contributed by atoms with Crippen LogP contribution in [0.15, 0.2) is 29.2 Å². The van der Waals surface area contributed by atoms with E-state index in [2.05, 4.69) is 25.6 Å². The van der Waals surface area contributed by atoms with Gasteiger partial charge in [0.2, 0.25) is 5.65 Å². The molecule has 24 heavy (non-hydrogen) atoms. The van der Waals surface area contributed by atoms with Gasteiger partial charge in [0, 0.05) is 13.2 Å². The molecule has 0 bridgehead atoms. The predicted molar refractivity (Wildman–Crippen MR) is 76.1 cm³/mol. The number of aryl methyl sites for hydroxylation is 1. The van der Waals surface area contributed by atoms with Gasteiger partial charge in [-0.25, -0.2) is 10.1 Å². The van der Waals surface area contributed by atoms with Gasteiger partial charge in [-0.15, -0.1) is 5.10 Å². The fourth-order valence-electron chi connectivity index (χ4n) is 2.53. The van der Waals surface area contributed by atoms with E-state index in [9.17, 15) is 18.0 Å². The zero-order chi connectivity index (χ0) is 17.1. The summed E-state index contributed by atoms with van der Waals surface area (Å²) >= 11 is 0. The number of hydrogen-bond acceptors (Lipinski definition) is 5. The Hall–Kier alpha value is -3.24. The zero-order valence-electron chi connectivity index (χ0n) is 12.0. The number of hydrogen-bond donors (Lipinski definition) is 1. The number of halogens is 3. The molecule has 122 valence electrons. The van der Waals surface area contributed by atoms with E-state index in [4.69, 9.17) is 0 Å². The predicted octanol–water partition coefficient (Wildman–Crippen LogP) is 1.39. The number of alkyl halides is 3. The molecule has 4 aromatic rings. The molecule has 0 fully saturated rings. The summed E-state index contributed by atoms with van der Waals surface area (Å²) in [5.74, 6) is 0.251. The van der Waals surface area contributed by atoms with Crippen LogP contribution in [0.25, 0.3) is 28.2 Å². The van der Waals surface area contributed by atoms with Crippen molar-refractivity contribution >= 4 is 16.7 Å². The van der Waals surface area contributed by atoms with E-state index < -0.39 is 17.3 Å². The van der Waals surface area contributed by atoms with Crippen LogP contribution in [0.2, 0.25) is 0 Å². The van der Waals surface area contributed by atoms with Crippen molar-refractivity contribution in [3.8, 4) is 11.5 Å². The van der Waals surface area contributed by atoms with E-state index in [1.54, 1.807) is 0 Å². The number of H-pyrrole nitrogens is 1. The van der Waals surface area contributed by atoms with Crippen molar-refractivity contribution in [2.75, 3.05) is 0 Å². The van der Waals surface area contributed by atoms with Crippen LogP contribution in [0.1, 0.15) is 5.56 Å². The summed E-state index contributed by atoms with van der Waals surface area (Å²) in [6, 6.07) is 3.20. The Morgan fingerprint density at radius 3 is 2.67 bits per heavy atom. The monoisotopic (exact) mass is 335 g/mol. The molecule has 0 radical (unpaired) electrons. The second-order valence-corrected chi connectivity index (χ2v) is 5.14. The van der Waals surface area contributed by atoms with Crippen LogP contribution < -0.4 is 5.56 Å². The van der Waals surface area contributed by atoms with Crippen molar-refractivity contribution in [3.63, 3.8) is 0 Å². The topological polar surface area (TPSA) is 93.8 Å².